The molecule has 4 nitrogen and oxygen atoms in total. The molecule has 3 aromatic rings. The Hall–Kier alpha value is -2.17. The van der Waals surface area contributed by atoms with Crippen molar-refractivity contribution in [2.24, 2.45) is 0 Å². The van der Waals surface area contributed by atoms with Crippen LogP contribution in [0, 0.1) is 0 Å². The van der Waals surface area contributed by atoms with Crippen molar-refractivity contribution in [3.05, 3.63) is 59.2 Å². The number of piperazine rings is 1. The third-order valence-corrected chi connectivity index (χ3v) is 5.18. The maximum atomic E-state index is 5.99. The number of nitrogens with zero attached hydrogens (tertiary/aromatic N) is 2. The van der Waals surface area contributed by atoms with Crippen molar-refractivity contribution >= 4 is 28.2 Å². The van der Waals surface area contributed by atoms with Gasteiger partial charge < -0.3 is 14.6 Å². The van der Waals surface area contributed by atoms with Gasteiger partial charge in [0.15, 0.2) is 0 Å². The van der Waals surface area contributed by atoms with Gasteiger partial charge in [0.1, 0.15) is 5.75 Å². The zero-order valence-electron chi connectivity index (χ0n) is 14.3. The Morgan fingerprint density at radius 3 is 2.52 bits per heavy atom. The van der Waals surface area contributed by atoms with Crippen LogP contribution in [0.15, 0.2) is 48.7 Å². The molecule has 0 unspecified atom stereocenters. The maximum absolute atomic E-state index is 5.99. The van der Waals surface area contributed by atoms with E-state index in [4.69, 9.17) is 16.3 Å². The van der Waals surface area contributed by atoms with Gasteiger partial charge in [-0.05, 0) is 42.0 Å². The van der Waals surface area contributed by atoms with Crippen LogP contribution in [0.1, 0.15) is 5.56 Å². The molecule has 0 bridgehead atoms. The van der Waals surface area contributed by atoms with E-state index in [1.165, 1.54) is 16.6 Å². The van der Waals surface area contributed by atoms with E-state index in [2.05, 4.69) is 39.2 Å². The van der Waals surface area contributed by atoms with Crippen molar-refractivity contribution in [3.8, 4) is 5.75 Å². The van der Waals surface area contributed by atoms with Crippen molar-refractivity contribution in [1.82, 2.24) is 9.88 Å². The number of anilines is 1. The molecule has 25 heavy (non-hydrogen) atoms. The van der Waals surface area contributed by atoms with Crippen LogP contribution in [0.4, 0.5) is 5.69 Å². The van der Waals surface area contributed by atoms with E-state index in [0.717, 1.165) is 49.0 Å². The summed E-state index contributed by atoms with van der Waals surface area (Å²) < 4.78 is 5.54. The number of halogens is 1. The van der Waals surface area contributed by atoms with E-state index in [9.17, 15) is 0 Å². The summed E-state index contributed by atoms with van der Waals surface area (Å²) >= 11 is 5.99. The molecule has 0 amide bonds. The molecule has 1 aliphatic heterocycles. The number of hydrogen-bond acceptors (Lipinski definition) is 3. The SMILES string of the molecule is COc1cccc2[nH]cc(CN3CCN(c4ccc(Cl)cc4)CC3)c12. The predicted octanol–water partition coefficient (Wildman–Crippen LogP) is 4.15. The zero-order valence-corrected chi connectivity index (χ0v) is 15.1. The van der Waals surface area contributed by atoms with Gasteiger partial charge in [0.05, 0.1) is 7.11 Å². The van der Waals surface area contributed by atoms with E-state index < -0.39 is 0 Å². The Morgan fingerprint density at radius 1 is 1.04 bits per heavy atom. The second-order valence-corrected chi connectivity index (χ2v) is 6.87. The summed E-state index contributed by atoms with van der Waals surface area (Å²) in [5.41, 5.74) is 3.68. The van der Waals surface area contributed by atoms with Gasteiger partial charge in [0.2, 0.25) is 0 Å². The molecule has 0 aliphatic carbocycles. The molecule has 4 rings (SSSR count). The molecule has 0 radical (unpaired) electrons. The molecular weight excluding hydrogens is 334 g/mol. The lowest BCUT2D eigenvalue weighted by atomic mass is 10.1. The fourth-order valence-electron chi connectivity index (χ4n) is 3.57. The summed E-state index contributed by atoms with van der Waals surface area (Å²) in [5.74, 6) is 0.938. The Bertz CT molecular complexity index is 851. The quantitative estimate of drug-likeness (QED) is 0.762. The van der Waals surface area contributed by atoms with Gasteiger partial charge in [-0.3, -0.25) is 4.90 Å². The van der Waals surface area contributed by atoms with Crippen LogP contribution in [-0.4, -0.2) is 43.2 Å². The third kappa shape index (κ3) is 3.32. The average molecular weight is 356 g/mol. The van der Waals surface area contributed by atoms with Crippen molar-refractivity contribution < 1.29 is 4.74 Å². The molecule has 0 spiro atoms. The highest BCUT2D eigenvalue weighted by Gasteiger charge is 2.19. The monoisotopic (exact) mass is 355 g/mol. The first-order valence-corrected chi connectivity index (χ1v) is 8.98. The smallest absolute Gasteiger partial charge is 0.128 e. The molecule has 1 fully saturated rings. The molecule has 2 heterocycles. The summed E-state index contributed by atoms with van der Waals surface area (Å²) in [6.07, 6.45) is 2.11. The largest absolute Gasteiger partial charge is 0.496 e. The molecule has 1 aliphatic rings. The highest BCUT2D eigenvalue weighted by atomic mass is 35.5. The molecule has 1 saturated heterocycles. The molecule has 1 aromatic heterocycles. The van der Waals surface area contributed by atoms with Crippen LogP contribution in [-0.2, 0) is 6.54 Å². The minimum absolute atomic E-state index is 0.788. The van der Waals surface area contributed by atoms with E-state index in [1.807, 2.05) is 24.3 Å². The standard InChI is InChI=1S/C20H22ClN3O/c1-25-19-4-2-3-18-20(19)15(13-22-18)14-23-9-11-24(12-10-23)17-7-5-16(21)6-8-17/h2-8,13,22H,9-12,14H2,1H3. The van der Waals surface area contributed by atoms with Gasteiger partial charge in [-0.1, -0.05) is 17.7 Å². The van der Waals surface area contributed by atoms with Gasteiger partial charge in [-0.25, -0.2) is 0 Å². The van der Waals surface area contributed by atoms with Crippen molar-refractivity contribution in [2.45, 2.75) is 6.54 Å². The van der Waals surface area contributed by atoms with Crippen LogP contribution in [0.3, 0.4) is 0 Å². The fraction of sp³-hybridized carbons (Fsp3) is 0.300. The second-order valence-electron chi connectivity index (χ2n) is 6.44. The molecule has 2 aromatic carbocycles. The lowest BCUT2D eigenvalue weighted by Crippen LogP contribution is -2.45. The number of aromatic nitrogens is 1. The van der Waals surface area contributed by atoms with Crippen LogP contribution >= 0.6 is 11.6 Å². The van der Waals surface area contributed by atoms with Crippen molar-refractivity contribution in [1.29, 1.82) is 0 Å². The van der Waals surface area contributed by atoms with E-state index in [0.29, 0.717) is 0 Å². The van der Waals surface area contributed by atoms with E-state index >= 15 is 0 Å². The number of aromatic amines is 1. The Kier molecular flexibility index (Phi) is 4.55. The normalized spacial score (nSPS) is 15.7. The maximum Gasteiger partial charge on any atom is 0.128 e. The van der Waals surface area contributed by atoms with E-state index in [1.54, 1.807) is 7.11 Å². The van der Waals surface area contributed by atoms with Gasteiger partial charge in [-0.2, -0.15) is 0 Å². The number of hydrogen-bond donors (Lipinski definition) is 1. The first-order chi connectivity index (χ1) is 12.2. The van der Waals surface area contributed by atoms with Gasteiger partial charge in [0.25, 0.3) is 0 Å². The number of methoxy groups -OCH3 is 1. The molecular formula is C20H22ClN3O. The second kappa shape index (κ2) is 6.98. The summed E-state index contributed by atoms with van der Waals surface area (Å²) in [4.78, 5) is 8.28. The van der Waals surface area contributed by atoms with Crippen molar-refractivity contribution in [3.63, 3.8) is 0 Å². The Labute approximate surface area is 152 Å². The van der Waals surface area contributed by atoms with Gasteiger partial charge in [0, 0.05) is 60.5 Å². The number of H-pyrrole nitrogens is 1. The van der Waals surface area contributed by atoms with Crippen LogP contribution in [0.25, 0.3) is 10.9 Å². The van der Waals surface area contributed by atoms with Gasteiger partial charge >= 0.3 is 0 Å². The first-order valence-electron chi connectivity index (χ1n) is 8.60. The summed E-state index contributed by atoms with van der Waals surface area (Å²) in [6.45, 7) is 5.09. The number of fused-ring (bicyclic) bond motifs is 1. The lowest BCUT2D eigenvalue weighted by molar-refractivity contribution is 0.250. The van der Waals surface area contributed by atoms with Crippen molar-refractivity contribution in [2.75, 3.05) is 38.2 Å². The Morgan fingerprint density at radius 2 is 1.80 bits per heavy atom. The summed E-state index contributed by atoms with van der Waals surface area (Å²) in [5, 5.41) is 1.99. The number of rotatable bonds is 4. The topological polar surface area (TPSA) is 31.5 Å². The minimum Gasteiger partial charge on any atom is -0.496 e. The molecule has 130 valence electrons. The molecule has 5 heteroatoms. The third-order valence-electron chi connectivity index (χ3n) is 4.93. The lowest BCUT2D eigenvalue weighted by Gasteiger charge is -2.36. The average Bonchev–Trinajstić information content (AvgIpc) is 3.06. The molecule has 0 saturated carbocycles. The van der Waals surface area contributed by atoms with Gasteiger partial charge in [-0.15, -0.1) is 0 Å². The number of benzene rings is 2. The number of nitrogens with one attached hydrogen (secondary N) is 1. The highest BCUT2D eigenvalue weighted by Crippen LogP contribution is 2.29. The first kappa shape index (κ1) is 16.3. The highest BCUT2D eigenvalue weighted by molar-refractivity contribution is 6.30. The minimum atomic E-state index is 0.788. The molecule has 0 atom stereocenters. The number of ether oxygens (including phenoxy) is 1. The van der Waals surface area contributed by atoms with Crippen LogP contribution in [0.5, 0.6) is 5.75 Å². The van der Waals surface area contributed by atoms with Crippen LogP contribution in [0.2, 0.25) is 5.02 Å². The van der Waals surface area contributed by atoms with E-state index in [-0.39, 0.29) is 0 Å². The summed E-state index contributed by atoms with van der Waals surface area (Å²) in [7, 11) is 1.73. The molecule has 1 N–H and O–H groups in total. The fourth-order valence-corrected chi connectivity index (χ4v) is 3.70. The predicted molar refractivity (Wildman–Crippen MR) is 104 cm³/mol. The zero-order chi connectivity index (χ0) is 17.2. The Balaban J connectivity index is 1.44. The van der Waals surface area contributed by atoms with Crippen LogP contribution < -0.4 is 9.64 Å². The summed E-state index contributed by atoms with van der Waals surface area (Å²) in [6, 6.07) is 14.3.